The Morgan fingerprint density at radius 3 is 2.48 bits per heavy atom. The van der Waals surface area contributed by atoms with E-state index in [1.807, 2.05) is 19.1 Å². The fraction of sp³-hybridized carbons (Fsp3) is 0.412. The lowest BCUT2D eigenvalue weighted by Gasteiger charge is -2.21. The zero-order valence-electron chi connectivity index (χ0n) is 12.9. The minimum Gasteiger partial charge on any atom is -0.310 e. The second-order valence-corrected chi connectivity index (χ2v) is 5.18. The first kappa shape index (κ1) is 15.6. The quantitative estimate of drug-likeness (QED) is 0.885. The van der Waals surface area contributed by atoms with Crippen LogP contribution < -0.4 is 5.32 Å². The molecule has 0 spiro atoms. The van der Waals surface area contributed by atoms with Gasteiger partial charge in [0.2, 0.25) is 0 Å². The minimum absolute atomic E-state index is 0.171. The number of hydrogen-bond acceptors (Lipinski definition) is 3. The van der Waals surface area contributed by atoms with Gasteiger partial charge in [0.05, 0.1) is 11.4 Å². The van der Waals surface area contributed by atoms with Crippen molar-refractivity contribution >= 4 is 0 Å². The highest BCUT2D eigenvalue weighted by Crippen LogP contribution is 2.22. The summed E-state index contributed by atoms with van der Waals surface area (Å²) < 4.78 is 13.0. The zero-order valence-corrected chi connectivity index (χ0v) is 12.9. The van der Waals surface area contributed by atoms with Crippen LogP contribution in [0.25, 0.3) is 0 Å². The molecule has 0 saturated heterocycles. The molecule has 1 aromatic carbocycles. The van der Waals surface area contributed by atoms with Gasteiger partial charge in [-0.15, -0.1) is 0 Å². The molecule has 3 nitrogen and oxygen atoms in total. The van der Waals surface area contributed by atoms with Gasteiger partial charge in [0.25, 0.3) is 0 Å². The summed E-state index contributed by atoms with van der Waals surface area (Å²) in [5, 5.41) is 12.0. The molecule has 1 N–H and O–H groups in total. The van der Waals surface area contributed by atoms with Crippen LogP contribution in [-0.2, 0) is 12.8 Å². The van der Waals surface area contributed by atoms with Gasteiger partial charge in [0.1, 0.15) is 5.82 Å². The van der Waals surface area contributed by atoms with Gasteiger partial charge in [-0.05, 0) is 55.6 Å². The number of likely N-dealkylation sites (N-methyl/N-ethyl adjacent to an activating group) is 1. The van der Waals surface area contributed by atoms with Gasteiger partial charge in [0, 0.05) is 6.04 Å². The minimum atomic E-state index is -0.200. The molecule has 0 amide bonds. The maximum atomic E-state index is 13.0. The molecule has 0 aliphatic heterocycles. The van der Waals surface area contributed by atoms with Crippen LogP contribution >= 0.6 is 0 Å². The van der Waals surface area contributed by atoms with E-state index in [0.29, 0.717) is 0 Å². The number of hydrogen-bond donors (Lipinski definition) is 1. The predicted octanol–water partition coefficient (Wildman–Crippen LogP) is 3.38. The molecule has 1 atom stereocenters. The third-order valence-electron chi connectivity index (χ3n) is 3.54. The van der Waals surface area contributed by atoms with Crippen molar-refractivity contribution in [2.45, 2.75) is 39.7 Å². The number of nitrogens with one attached hydrogen (secondary N) is 1. The highest BCUT2D eigenvalue weighted by Gasteiger charge is 2.16. The lowest BCUT2D eigenvalue weighted by molar-refractivity contribution is 0.539. The predicted molar refractivity (Wildman–Crippen MR) is 82.7 cm³/mol. The maximum absolute atomic E-state index is 13.0. The number of rotatable bonds is 6. The summed E-state index contributed by atoms with van der Waals surface area (Å²) >= 11 is 0. The van der Waals surface area contributed by atoms with Crippen LogP contribution in [0.1, 0.15) is 42.4 Å². The second kappa shape index (κ2) is 7.27. The van der Waals surface area contributed by atoms with Gasteiger partial charge >= 0.3 is 0 Å². The first-order valence-corrected chi connectivity index (χ1v) is 7.45. The average molecular weight is 287 g/mol. The van der Waals surface area contributed by atoms with Crippen molar-refractivity contribution in [3.05, 3.63) is 58.7 Å². The molecule has 2 rings (SSSR count). The Labute approximate surface area is 125 Å². The molecule has 1 heterocycles. The van der Waals surface area contributed by atoms with E-state index in [9.17, 15) is 4.39 Å². The fourth-order valence-electron chi connectivity index (χ4n) is 2.51. The van der Waals surface area contributed by atoms with Crippen molar-refractivity contribution in [1.82, 2.24) is 15.5 Å². The molecule has 0 aliphatic carbocycles. The molecule has 1 unspecified atom stereocenters. The van der Waals surface area contributed by atoms with Crippen LogP contribution in [0.3, 0.4) is 0 Å². The van der Waals surface area contributed by atoms with Crippen LogP contribution in [0.5, 0.6) is 0 Å². The first-order chi connectivity index (χ1) is 10.1. The molecule has 0 bridgehead atoms. The van der Waals surface area contributed by atoms with E-state index in [1.54, 1.807) is 0 Å². The molecule has 0 aliphatic rings. The van der Waals surface area contributed by atoms with E-state index < -0.39 is 0 Å². The fourth-order valence-corrected chi connectivity index (χ4v) is 2.51. The Balaban J connectivity index is 2.30. The van der Waals surface area contributed by atoms with Gasteiger partial charge in [0.15, 0.2) is 0 Å². The van der Waals surface area contributed by atoms with Crippen molar-refractivity contribution in [2.24, 2.45) is 0 Å². The van der Waals surface area contributed by atoms with E-state index in [1.165, 1.54) is 17.7 Å². The summed E-state index contributed by atoms with van der Waals surface area (Å²) in [6, 6.07) is 8.97. The molecule has 0 saturated carbocycles. The summed E-state index contributed by atoms with van der Waals surface area (Å²) in [6.07, 6.45) is 1.67. The Hall–Kier alpha value is -1.81. The number of nitrogens with zero attached hydrogens (tertiary/aromatic N) is 2. The van der Waals surface area contributed by atoms with Crippen molar-refractivity contribution in [3.63, 3.8) is 0 Å². The molecular weight excluding hydrogens is 265 g/mol. The van der Waals surface area contributed by atoms with Crippen LogP contribution in [0.15, 0.2) is 30.3 Å². The monoisotopic (exact) mass is 287 g/mol. The lowest BCUT2D eigenvalue weighted by atomic mass is 9.96. The highest BCUT2D eigenvalue weighted by molar-refractivity contribution is 5.28. The normalized spacial score (nSPS) is 12.4. The molecule has 1 aromatic heterocycles. The second-order valence-electron chi connectivity index (χ2n) is 5.18. The van der Waals surface area contributed by atoms with Crippen LogP contribution in [0.4, 0.5) is 4.39 Å². The standard InChI is InChI=1S/C17H22FN3/c1-4-16-15(10-12(3)20-21-16)17(19-5-2)11-13-6-8-14(18)9-7-13/h6-10,17,19H,4-5,11H2,1-3H3. The molecule has 0 radical (unpaired) electrons. The summed E-state index contributed by atoms with van der Waals surface area (Å²) in [6.45, 7) is 7.00. The Morgan fingerprint density at radius 2 is 1.86 bits per heavy atom. The third kappa shape index (κ3) is 4.08. The summed E-state index contributed by atoms with van der Waals surface area (Å²) in [5.74, 6) is -0.200. The summed E-state index contributed by atoms with van der Waals surface area (Å²) in [4.78, 5) is 0. The third-order valence-corrected chi connectivity index (χ3v) is 3.54. The van der Waals surface area contributed by atoms with E-state index >= 15 is 0 Å². The Bertz CT molecular complexity index is 581. The topological polar surface area (TPSA) is 37.8 Å². The summed E-state index contributed by atoms with van der Waals surface area (Å²) in [5.41, 5.74) is 4.24. The van der Waals surface area contributed by atoms with Gasteiger partial charge in [-0.3, -0.25) is 0 Å². The Morgan fingerprint density at radius 1 is 1.14 bits per heavy atom. The van der Waals surface area contributed by atoms with Crippen LogP contribution in [-0.4, -0.2) is 16.7 Å². The van der Waals surface area contributed by atoms with E-state index in [-0.39, 0.29) is 11.9 Å². The van der Waals surface area contributed by atoms with E-state index in [4.69, 9.17) is 0 Å². The number of halogens is 1. The SMILES string of the molecule is CCNC(Cc1ccc(F)cc1)c1cc(C)nnc1CC. The maximum Gasteiger partial charge on any atom is 0.123 e. The van der Waals surface area contributed by atoms with Gasteiger partial charge in [-0.1, -0.05) is 26.0 Å². The molecule has 2 aromatic rings. The van der Waals surface area contributed by atoms with Gasteiger partial charge < -0.3 is 5.32 Å². The summed E-state index contributed by atoms with van der Waals surface area (Å²) in [7, 11) is 0. The molecule has 112 valence electrons. The lowest BCUT2D eigenvalue weighted by Crippen LogP contribution is -2.25. The van der Waals surface area contributed by atoms with Crippen molar-refractivity contribution in [1.29, 1.82) is 0 Å². The first-order valence-electron chi connectivity index (χ1n) is 7.45. The molecule has 0 fully saturated rings. The average Bonchev–Trinajstić information content (AvgIpc) is 2.49. The largest absolute Gasteiger partial charge is 0.310 e. The highest BCUT2D eigenvalue weighted by atomic mass is 19.1. The van der Waals surface area contributed by atoms with Crippen molar-refractivity contribution < 1.29 is 4.39 Å². The Kier molecular flexibility index (Phi) is 5.39. The van der Waals surface area contributed by atoms with Gasteiger partial charge in [-0.2, -0.15) is 10.2 Å². The molecule has 4 heteroatoms. The van der Waals surface area contributed by atoms with Crippen molar-refractivity contribution in [2.75, 3.05) is 6.54 Å². The smallest absolute Gasteiger partial charge is 0.123 e. The molecule has 21 heavy (non-hydrogen) atoms. The van der Waals surface area contributed by atoms with Gasteiger partial charge in [-0.25, -0.2) is 4.39 Å². The van der Waals surface area contributed by atoms with Crippen LogP contribution in [0, 0.1) is 12.7 Å². The van der Waals surface area contributed by atoms with Crippen molar-refractivity contribution in [3.8, 4) is 0 Å². The number of aryl methyl sites for hydroxylation is 2. The van der Waals surface area contributed by atoms with Crippen LogP contribution in [0.2, 0.25) is 0 Å². The molecular formula is C17H22FN3. The zero-order chi connectivity index (χ0) is 15.2. The van der Waals surface area contributed by atoms with E-state index in [2.05, 4.69) is 35.4 Å². The van der Waals surface area contributed by atoms with E-state index in [0.717, 1.165) is 36.3 Å². The number of benzene rings is 1. The number of aromatic nitrogens is 2.